The molecule has 0 saturated carbocycles. The van der Waals surface area contributed by atoms with E-state index in [-0.39, 0.29) is 17.3 Å². The molecule has 0 radical (unpaired) electrons. The summed E-state index contributed by atoms with van der Waals surface area (Å²) in [4.78, 5) is 15.1. The van der Waals surface area contributed by atoms with Crippen molar-refractivity contribution in [2.75, 3.05) is 20.2 Å². The highest BCUT2D eigenvalue weighted by Crippen LogP contribution is 2.36. The highest BCUT2D eigenvalue weighted by atomic mass is 19.3. The van der Waals surface area contributed by atoms with Gasteiger partial charge >= 0.3 is 6.61 Å². The second kappa shape index (κ2) is 9.88. The van der Waals surface area contributed by atoms with E-state index in [1.165, 1.54) is 6.07 Å². The predicted molar refractivity (Wildman–Crippen MR) is 124 cm³/mol. The fourth-order valence-electron chi connectivity index (χ4n) is 4.68. The van der Waals surface area contributed by atoms with E-state index in [1.54, 1.807) is 25.1 Å². The Morgan fingerprint density at radius 3 is 2.76 bits per heavy atom. The van der Waals surface area contributed by atoms with Crippen LogP contribution in [0.4, 0.5) is 8.78 Å². The van der Waals surface area contributed by atoms with E-state index >= 15 is 0 Å². The summed E-state index contributed by atoms with van der Waals surface area (Å²) in [6.07, 6.45) is 2.17. The second-order valence-corrected chi connectivity index (χ2v) is 9.53. The quantitative estimate of drug-likeness (QED) is 0.582. The lowest BCUT2D eigenvalue weighted by atomic mass is 9.94. The Bertz CT molecular complexity index is 1040. The lowest BCUT2D eigenvalue weighted by Crippen LogP contribution is -2.30. The van der Waals surface area contributed by atoms with Crippen molar-refractivity contribution in [3.8, 4) is 11.5 Å². The molecule has 0 unspecified atom stereocenters. The number of carbonyl (C=O) groups is 1. The molecule has 0 aromatic heterocycles. The van der Waals surface area contributed by atoms with Gasteiger partial charge in [0.15, 0.2) is 0 Å². The van der Waals surface area contributed by atoms with Crippen LogP contribution in [0, 0.1) is 0 Å². The minimum absolute atomic E-state index is 0.0100. The van der Waals surface area contributed by atoms with Crippen LogP contribution in [0.2, 0.25) is 0 Å². The molecule has 1 amide bonds. The van der Waals surface area contributed by atoms with E-state index in [0.29, 0.717) is 36.1 Å². The lowest BCUT2D eigenvalue weighted by Gasteiger charge is -2.22. The Balaban J connectivity index is 1.47. The number of hydrogen-bond acceptors (Lipinski definition) is 5. The fraction of sp³-hybridized carbons (Fsp3) is 0.500. The van der Waals surface area contributed by atoms with Crippen LogP contribution < -0.4 is 14.8 Å². The number of alkyl halides is 2. The molecule has 2 aliphatic rings. The molecular weight excluding hydrogens is 442 g/mol. The maximum atomic E-state index is 13.1. The first-order chi connectivity index (χ1) is 16.1. The first-order valence-corrected chi connectivity index (χ1v) is 11.6. The smallest absolute Gasteiger partial charge is 0.387 e. The van der Waals surface area contributed by atoms with Crippen molar-refractivity contribution in [2.24, 2.45) is 0 Å². The van der Waals surface area contributed by atoms with Crippen LogP contribution in [0.1, 0.15) is 66.7 Å². The summed E-state index contributed by atoms with van der Waals surface area (Å²) in [5.74, 6) is 0.149. The third-order valence-corrected chi connectivity index (χ3v) is 6.73. The molecule has 1 fully saturated rings. The number of amides is 1. The van der Waals surface area contributed by atoms with Gasteiger partial charge in [-0.05, 0) is 82.6 Å². The standard InChI is InChI=1S/C26H32F2N2O4/c1-16(29-24(31)17-7-10-22-18(12-17)14-33-26(22,2)3)21-9-8-20(13-23(21)34-25(27)28)32-15-19-6-5-11-30(19)4/h7-10,12-13,16,19,25H,5-6,11,14-15H2,1-4H3,(H,29,31)/t16-,19+/m0/s1. The summed E-state index contributed by atoms with van der Waals surface area (Å²) in [5, 5.41) is 2.89. The zero-order valence-electron chi connectivity index (χ0n) is 20.1. The Hall–Kier alpha value is -2.71. The van der Waals surface area contributed by atoms with Gasteiger partial charge in [-0.1, -0.05) is 6.07 Å². The molecule has 0 bridgehead atoms. The van der Waals surface area contributed by atoms with Crippen molar-refractivity contribution in [3.05, 3.63) is 58.7 Å². The van der Waals surface area contributed by atoms with Gasteiger partial charge in [-0.25, -0.2) is 0 Å². The predicted octanol–water partition coefficient (Wildman–Crippen LogP) is 5.02. The summed E-state index contributed by atoms with van der Waals surface area (Å²) < 4.78 is 42.7. The van der Waals surface area contributed by atoms with Crippen molar-refractivity contribution in [1.82, 2.24) is 10.2 Å². The topological polar surface area (TPSA) is 60.0 Å². The monoisotopic (exact) mass is 474 g/mol. The minimum atomic E-state index is -2.99. The first-order valence-electron chi connectivity index (χ1n) is 11.6. The van der Waals surface area contributed by atoms with Gasteiger partial charge in [0.2, 0.25) is 0 Å². The zero-order valence-corrected chi connectivity index (χ0v) is 20.1. The van der Waals surface area contributed by atoms with Crippen LogP contribution in [0.25, 0.3) is 0 Å². The molecular formula is C26H32F2N2O4. The first kappa shape index (κ1) is 24.4. The van der Waals surface area contributed by atoms with E-state index in [4.69, 9.17) is 14.2 Å². The van der Waals surface area contributed by atoms with Gasteiger partial charge in [0.05, 0.1) is 18.2 Å². The molecule has 2 heterocycles. The third-order valence-electron chi connectivity index (χ3n) is 6.73. The van der Waals surface area contributed by atoms with Gasteiger partial charge in [-0.2, -0.15) is 8.78 Å². The van der Waals surface area contributed by atoms with E-state index < -0.39 is 12.7 Å². The molecule has 2 aromatic carbocycles. The van der Waals surface area contributed by atoms with Crippen molar-refractivity contribution in [2.45, 2.75) is 64.5 Å². The van der Waals surface area contributed by atoms with E-state index in [9.17, 15) is 13.6 Å². The number of benzene rings is 2. The van der Waals surface area contributed by atoms with Crippen molar-refractivity contribution >= 4 is 5.91 Å². The Morgan fingerprint density at radius 2 is 2.06 bits per heavy atom. The molecule has 1 N–H and O–H groups in total. The Labute approximate surface area is 199 Å². The number of ether oxygens (including phenoxy) is 3. The van der Waals surface area contributed by atoms with E-state index in [2.05, 4.69) is 17.3 Å². The molecule has 8 heteroatoms. The van der Waals surface area contributed by atoms with E-state index in [0.717, 1.165) is 30.5 Å². The molecule has 4 rings (SSSR count). The van der Waals surface area contributed by atoms with Gasteiger partial charge in [-0.3, -0.25) is 4.79 Å². The summed E-state index contributed by atoms with van der Waals surface area (Å²) in [6, 6.07) is 10.1. The van der Waals surface area contributed by atoms with Crippen LogP contribution in [0.5, 0.6) is 11.5 Å². The molecule has 1 saturated heterocycles. The Morgan fingerprint density at radius 1 is 1.26 bits per heavy atom. The maximum Gasteiger partial charge on any atom is 0.387 e. The number of nitrogens with zero attached hydrogens (tertiary/aromatic N) is 1. The number of hydrogen-bond donors (Lipinski definition) is 1. The number of halogens is 2. The molecule has 184 valence electrons. The van der Waals surface area contributed by atoms with Gasteiger partial charge in [0.1, 0.15) is 18.1 Å². The van der Waals surface area contributed by atoms with Crippen LogP contribution in [-0.4, -0.2) is 43.7 Å². The molecule has 2 atom stereocenters. The third kappa shape index (κ3) is 5.33. The summed E-state index contributed by atoms with van der Waals surface area (Å²) in [7, 11) is 2.05. The molecule has 0 aliphatic carbocycles. The van der Waals surface area contributed by atoms with Crippen molar-refractivity contribution in [1.29, 1.82) is 0 Å². The fourth-order valence-corrected chi connectivity index (χ4v) is 4.68. The largest absolute Gasteiger partial charge is 0.492 e. The molecule has 2 aromatic rings. The van der Waals surface area contributed by atoms with Gasteiger partial charge in [-0.15, -0.1) is 0 Å². The minimum Gasteiger partial charge on any atom is -0.492 e. The van der Waals surface area contributed by atoms with Crippen LogP contribution >= 0.6 is 0 Å². The Kier molecular flexibility index (Phi) is 7.09. The highest BCUT2D eigenvalue weighted by Gasteiger charge is 2.31. The van der Waals surface area contributed by atoms with Gasteiger partial charge < -0.3 is 24.4 Å². The summed E-state index contributed by atoms with van der Waals surface area (Å²) in [5.41, 5.74) is 2.59. The summed E-state index contributed by atoms with van der Waals surface area (Å²) >= 11 is 0. The van der Waals surface area contributed by atoms with Crippen LogP contribution in [-0.2, 0) is 16.9 Å². The molecule has 0 spiro atoms. The molecule has 34 heavy (non-hydrogen) atoms. The number of fused-ring (bicyclic) bond motifs is 1. The average Bonchev–Trinajstić information content (AvgIpc) is 3.33. The SMILES string of the molecule is C[C@H](NC(=O)c1ccc2c(c1)COC2(C)C)c1ccc(OC[C@H]2CCCN2C)cc1OC(F)F. The summed E-state index contributed by atoms with van der Waals surface area (Å²) in [6.45, 7) is 4.68. The number of carbonyl (C=O) groups excluding carboxylic acids is 1. The maximum absolute atomic E-state index is 13.1. The lowest BCUT2D eigenvalue weighted by molar-refractivity contribution is -0.0507. The van der Waals surface area contributed by atoms with Crippen molar-refractivity contribution < 1.29 is 27.8 Å². The number of nitrogens with one attached hydrogen (secondary N) is 1. The molecule has 2 aliphatic heterocycles. The normalized spacial score (nSPS) is 20.3. The van der Waals surface area contributed by atoms with Crippen LogP contribution in [0.15, 0.2) is 36.4 Å². The van der Waals surface area contributed by atoms with E-state index in [1.807, 2.05) is 26.0 Å². The number of likely N-dealkylation sites (tertiary alicyclic amines) is 1. The van der Waals surface area contributed by atoms with Gasteiger partial charge in [0, 0.05) is 23.2 Å². The molecule has 6 nitrogen and oxygen atoms in total. The number of likely N-dealkylation sites (N-methyl/N-ethyl adjacent to an activating group) is 1. The number of rotatable bonds is 8. The average molecular weight is 475 g/mol. The second-order valence-electron chi connectivity index (χ2n) is 9.53. The zero-order chi connectivity index (χ0) is 24.5. The highest BCUT2D eigenvalue weighted by molar-refractivity contribution is 5.94. The van der Waals surface area contributed by atoms with Crippen LogP contribution in [0.3, 0.4) is 0 Å². The van der Waals surface area contributed by atoms with Crippen molar-refractivity contribution in [3.63, 3.8) is 0 Å². The van der Waals surface area contributed by atoms with Gasteiger partial charge in [0.25, 0.3) is 5.91 Å².